The molecular formula is C14H19N3O2. The Balaban J connectivity index is 2.21. The van der Waals surface area contributed by atoms with E-state index in [1.54, 1.807) is 4.90 Å². The van der Waals surface area contributed by atoms with Crippen molar-refractivity contribution in [2.45, 2.75) is 31.8 Å². The number of hydrogen-bond donors (Lipinski definition) is 2. The normalized spacial score (nSPS) is 17.9. The van der Waals surface area contributed by atoms with E-state index in [4.69, 9.17) is 11.5 Å². The van der Waals surface area contributed by atoms with Gasteiger partial charge in [-0.3, -0.25) is 9.59 Å². The molecule has 1 aliphatic rings. The summed E-state index contributed by atoms with van der Waals surface area (Å²) in [6.45, 7) is 0.921. The third-order valence-electron chi connectivity index (χ3n) is 3.49. The van der Waals surface area contributed by atoms with Crippen LogP contribution in [0.15, 0.2) is 24.3 Å². The Labute approximate surface area is 112 Å². The molecule has 5 nitrogen and oxygen atoms in total. The summed E-state index contributed by atoms with van der Waals surface area (Å²) < 4.78 is 0. The van der Waals surface area contributed by atoms with Crippen molar-refractivity contribution < 1.29 is 9.59 Å². The SMILES string of the molecule is NCCCC(=O)N1Cc2ccccc2C[C@H]1C(N)=O. The van der Waals surface area contributed by atoms with Gasteiger partial charge in [0.15, 0.2) is 0 Å². The molecule has 1 aliphatic heterocycles. The van der Waals surface area contributed by atoms with Crippen LogP contribution in [-0.2, 0) is 22.6 Å². The zero-order valence-electron chi connectivity index (χ0n) is 10.8. The molecule has 102 valence electrons. The molecule has 0 saturated carbocycles. The molecule has 0 aliphatic carbocycles. The first-order valence-corrected chi connectivity index (χ1v) is 6.49. The molecule has 5 heteroatoms. The lowest BCUT2D eigenvalue weighted by Gasteiger charge is -2.35. The van der Waals surface area contributed by atoms with Gasteiger partial charge in [-0.25, -0.2) is 0 Å². The van der Waals surface area contributed by atoms with Crippen LogP contribution in [0.5, 0.6) is 0 Å². The molecule has 1 heterocycles. The Kier molecular flexibility index (Phi) is 4.16. The highest BCUT2D eigenvalue weighted by Crippen LogP contribution is 2.23. The number of carbonyl (C=O) groups is 2. The van der Waals surface area contributed by atoms with Gasteiger partial charge in [0.1, 0.15) is 6.04 Å². The van der Waals surface area contributed by atoms with Gasteiger partial charge >= 0.3 is 0 Å². The van der Waals surface area contributed by atoms with Crippen LogP contribution in [-0.4, -0.2) is 29.3 Å². The minimum absolute atomic E-state index is 0.0521. The van der Waals surface area contributed by atoms with Gasteiger partial charge in [0.2, 0.25) is 11.8 Å². The average molecular weight is 261 g/mol. The van der Waals surface area contributed by atoms with Crippen molar-refractivity contribution in [2.24, 2.45) is 11.5 Å². The topological polar surface area (TPSA) is 89.4 Å². The first-order chi connectivity index (χ1) is 9.13. The molecule has 1 aromatic carbocycles. The largest absolute Gasteiger partial charge is 0.368 e. The van der Waals surface area contributed by atoms with Crippen molar-refractivity contribution >= 4 is 11.8 Å². The van der Waals surface area contributed by atoms with Crippen molar-refractivity contribution in [3.05, 3.63) is 35.4 Å². The second kappa shape index (κ2) is 5.84. The van der Waals surface area contributed by atoms with Gasteiger partial charge in [-0.05, 0) is 24.1 Å². The van der Waals surface area contributed by atoms with E-state index in [2.05, 4.69) is 0 Å². The number of primary amides is 1. The van der Waals surface area contributed by atoms with Gasteiger partial charge in [-0.15, -0.1) is 0 Å². The molecular weight excluding hydrogens is 242 g/mol. The van der Waals surface area contributed by atoms with E-state index in [0.717, 1.165) is 11.1 Å². The maximum absolute atomic E-state index is 12.1. The number of hydrogen-bond acceptors (Lipinski definition) is 3. The predicted octanol–water partition coefficient (Wildman–Crippen LogP) is 0.164. The Hall–Kier alpha value is -1.88. The van der Waals surface area contributed by atoms with Gasteiger partial charge < -0.3 is 16.4 Å². The molecule has 4 N–H and O–H groups in total. The van der Waals surface area contributed by atoms with Crippen molar-refractivity contribution in [3.63, 3.8) is 0 Å². The summed E-state index contributed by atoms with van der Waals surface area (Å²) in [7, 11) is 0. The minimum Gasteiger partial charge on any atom is -0.368 e. The minimum atomic E-state index is -0.542. The molecule has 0 bridgehead atoms. The number of amides is 2. The quantitative estimate of drug-likeness (QED) is 0.809. The lowest BCUT2D eigenvalue weighted by molar-refractivity contribution is -0.140. The van der Waals surface area contributed by atoms with Gasteiger partial charge in [0, 0.05) is 19.4 Å². The van der Waals surface area contributed by atoms with Crippen LogP contribution < -0.4 is 11.5 Å². The third kappa shape index (κ3) is 2.93. The predicted molar refractivity (Wildman–Crippen MR) is 72.0 cm³/mol. The summed E-state index contributed by atoms with van der Waals surface area (Å²) in [4.78, 5) is 25.3. The first kappa shape index (κ1) is 13.5. The van der Waals surface area contributed by atoms with E-state index in [0.29, 0.717) is 32.4 Å². The smallest absolute Gasteiger partial charge is 0.240 e. The maximum atomic E-state index is 12.1. The molecule has 0 aromatic heterocycles. The summed E-state index contributed by atoms with van der Waals surface area (Å²) >= 11 is 0. The van der Waals surface area contributed by atoms with Crippen LogP contribution in [0.4, 0.5) is 0 Å². The highest BCUT2D eigenvalue weighted by molar-refractivity contribution is 5.87. The molecule has 0 saturated heterocycles. The average Bonchev–Trinajstić information content (AvgIpc) is 2.43. The number of nitrogens with zero attached hydrogens (tertiary/aromatic N) is 1. The van der Waals surface area contributed by atoms with Crippen LogP contribution in [0.25, 0.3) is 0 Å². The van der Waals surface area contributed by atoms with Crippen molar-refractivity contribution in [1.82, 2.24) is 4.90 Å². The molecule has 0 unspecified atom stereocenters. The van der Waals surface area contributed by atoms with Gasteiger partial charge in [0.25, 0.3) is 0 Å². The fraction of sp³-hybridized carbons (Fsp3) is 0.429. The molecule has 2 amide bonds. The van der Waals surface area contributed by atoms with Crippen LogP contribution in [0.3, 0.4) is 0 Å². The summed E-state index contributed by atoms with van der Waals surface area (Å²) in [6, 6.07) is 7.29. The number of carbonyl (C=O) groups excluding carboxylic acids is 2. The monoisotopic (exact) mass is 261 g/mol. The fourth-order valence-electron chi connectivity index (χ4n) is 2.44. The third-order valence-corrected chi connectivity index (χ3v) is 3.49. The van der Waals surface area contributed by atoms with Crippen molar-refractivity contribution in [3.8, 4) is 0 Å². The highest BCUT2D eigenvalue weighted by atomic mass is 16.2. The zero-order valence-corrected chi connectivity index (χ0v) is 10.8. The standard InChI is InChI=1S/C14H19N3O2/c15-7-3-6-13(18)17-9-11-5-2-1-4-10(11)8-12(17)14(16)19/h1-2,4-5,12H,3,6-9,15H2,(H2,16,19)/t12-/m0/s1. The molecule has 0 fully saturated rings. The van der Waals surface area contributed by atoms with Crippen LogP contribution in [0.1, 0.15) is 24.0 Å². The zero-order chi connectivity index (χ0) is 13.8. The van der Waals surface area contributed by atoms with E-state index in [-0.39, 0.29) is 5.91 Å². The Morgan fingerprint density at radius 1 is 1.26 bits per heavy atom. The van der Waals surface area contributed by atoms with Crippen molar-refractivity contribution in [2.75, 3.05) is 6.54 Å². The summed E-state index contributed by atoms with van der Waals surface area (Å²) in [6.07, 6.45) is 1.49. The van der Waals surface area contributed by atoms with Gasteiger partial charge in [0.05, 0.1) is 0 Å². The molecule has 1 aromatic rings. The molecule has 2 rings (SSSR count). The van der Waals surface area contributed by atoms with E-state index in [1.165, 1.54) is 0 Å². The van der Waals surface area contributed by atoms with Gasteiger partial charge in [-0.2, -0.15) is 0 Å². The molecule has 0 radical (unpaired) electrons. The van der Waals surface area contributed by atoms with Crippen LogP contribution in [0, 0.1) is 0 Å². The summed E-state index contributed by atoms with van der Waals surface area (Å²) in [5.74, 6) is -0.501. The summed E-state index contributed by atoms with van der Waals surface area (Å²) in [5, 5.41) is 0. The molecule has 1 atom stereocenters. The number of rotatable bonds is 4. The molecule has 0 spiro atoms. The molecule has 19 heavy (non-hydrogen) atoms. The highest BCUT2D eigenvalue weighted by Gasteiger charge is 2.32. The number of benzene rings is 1. The van der Waals surface area contributed by atoms with Gasteiger partial charge in [-0.1, -0.05) is 24.3 Å². The number of nitrogens with two attached hydrogens (primary N) is 2. The summed E-state index contributed by atoms with van der Waals surface area (Å²) in [5.41, 5.74) is 13.0. The van der Waals surface area contributed by atoms with E-state index < -0.39 is 11.9 Å². The van der Waals surface area contributed by atoms with E-state index in [1.807, 2.05) is 24.3 Å². The van der Waals surface area contributed by atoms with Crippen LogP contribution in [0.2, 0.25) is 0 Å². The van der Waals surface area contributed by atoms with E-state index >= 15 is 0 Å². The Bertz CT molecular complexity index is 487. The Morgan fingerprint density at radius 3 is 2.58 bits per heavy atom. The first-order valence-electron chi connectivity index (χ1n) is 6.49. The lowest BCUT2D eigenvalue weighted by Crippen LogP contribution is -2.51. The van der Waals surface area contributed by atoms with E-state index in [9.17, 15) is 9.59 Å². The second-order valence-corrected chi connectivity index (χ2v) is 4.80. The fourth-order valence-corrected chi connectivity index (χ4v) is 2.44. The number of fused-ring (bicyclic) bond motifs is 1. The van der Waals surface area contributed by atoms with Crippen molar-refractivity contribution in [1.29, 1.82) is 0 Å². The lowest BCUT2D eigenvalue weighted by atomic mass is 9.93. The maximum Gasteiger partial charge on any atom is 0.240 e. The van der Waals surface area contributed by atoms with Crippen LogP contribution >= 0.6 is 0 Å². The Morgan fingerprint density at radius 2 is 1.95 bits per heavy atom. The second-order valence-electron chi connectivity index (χ2n) is 4.80.